The summed E-state index contributed by atoms with van der Waals surface area (Å²) in [6, 6.07) is 8.52. The molecule has 0 atom stereocenters. The first-order valence-corrected chi connectivity index (χ1v) is 4.98. The molecule has 3 nitrogen and oxygen atoms in total. The molecule has 78 valence electrons. The molecule has 0 aliphatic carbocycles. The third-order valence-corrected chi connectivity index (χ3v) is 2.24. The van der Waals surface area contributed by atoms with Gasteiger partial charge in [-0.3, -0.25) is 0 Å². The van der Waals surface area contributed by atoms with E-state index >= 15 is 0 Å². The molecule has 0 saturated heterocycles. The normalized spacial score (nSPS) is 10.9. The Hall–Kier alpha value is -1.61. The maximum absolute atomic E-state index is 4.02. The summed E-state index contributed by atoms with van der Waals surface area (Å²) in [5.41, 5.74) is 2.47. The third-order valence-electron chi connectivity index (χ3n) is 2.24. The minimum atomic E-state index is 0.976. The zero-order valence-corrected chi connectivity index (χ0v) is 9.09. The zero-order chi connectivity index (χ0) is 10.7. The SMILES string of the molecule is CN(C)Cc1ccc(-n2ccnc2)cc1. The molecule has 2 rings (SSSR count). The molecule has 0 spiro atoms. The summed E-state index contributed by atoms with van der Waals surface area (Å²) in [5, 5.41) is 0. The van der Waals surface area contributed by atoms with Crippen molar-refractivity contribution in [3.63, 3.8) is 0 Å². The molecule has 0 N–H and O–H groups in total. The molecule has 1 aromatic heterocycles. The number of hydrogen-bond acceptors (Lipinski definition) is 2. The van der Waals surface area contributed by atoms with E-state index in [9.17, 15) is 0 Å². The van der Waals surface area contributed by atoms with Crippen LogP contribution < -0.4 is 0 Å². The van der Waals surface area contributed by atoms with Crippen molar-refractivity contribution < 1.29 is 0 Å². The standard InChI is InChI=1S/C12H15N3/c1-14(2)9-11-3-5-12(6-4-11)15-8-7-13-10-15/h3-8,10H,9H2,1-2H3. The highest BCUT2D eigenvalue weighted by molar-refractivity contribution is 5.34. The van der Waals surface area contributed by atoms with Crippen molar-refractivity contribution in [1.82, 2.24) is 14.5 Å². The highest BCUT2D eigenvalue weighted by atomic mass is 15.0. The van der Waals surface area contributed by atoms with Crippen LogP contribution in [0.3, 0.4) is 0 Å². The van der Waals surface area contributed by atoms with E-state index in [0.717, 1.165) is 12.2 Å². The average Bonchev–Trinajstić information content (AvgIpc) is 2.71. The Morgan fingerprint density at radius 1 is 1.20 bits per heavy atom. The van der Waals surface area contributed by atoms with Crippen LogP contribution in [-0.2, 0) is 6.54 Å². The Morgan fingerprint density at radius 2 is 1.93 bits per heavy atom. The predicted molar refractivity (Wildman–Crippen MR) is 61.0 cm³/mol. The van der Waals surface area contributed by atoms with E-state index in [1.807, 2.05) is 10.8 Å². The molecule has 15 heavy (non-hydrogen) atoms. The van der Waals surface area contributed by atoms with Gasteiger partial charge in [0.2, 0.25) is 0 Å². The van der Waals surface area contributed by atoms with E-state index in [1.165, 1.54) is 5.56 Å². The molecule has 0 unspecified atom stereocenters. The van der Waals surface area contributed by atoms with Crippen molar-refractivity contribution in [2.45, 2.75) is 6.54 Å². The Balaban J connectivity index is 2.17. The van der Waals surface area contributed by atoms with Gasteiger partial charge in [-0.25, -0.2) is 4.98 Å². The first kappa shape index (κ1) is 9.93. The van der Waals surface area contributed by atoms with Crippen LogP contribution in [0.1, 0.15) is 5.56 Å². The molecule has 3 heteroatoms. The van der Waals surface area contributed by atoms with Gasteiger partial charge in [0.25, 0.3) is 0 Å². The molecular weight excluding hydrogens is 186 g/mol. The van der Waals surface area contributed by atoms with Crippen LogP contribution in [0, 0.1) is 0 Å². The van der Waals surface area contributed by atoms with Gasteiger partial charge in [-0.2, -0.15) is 0 Å². The molecule has 0 amide bonds. The average molecular weight is 201 g/mol. The number of imidazole rings is 1. The fourth-order valence-corrected chi connectivity index (χ4v) is 1.55. The van der Waals surface area contributed by atoms with Crippen LogP contribution in [-0.4, -0.2) is 28.5 Å². The van der Waals surface area contributed by atoms with Gasteiger partial charge in [-0.1, -0.05) is 12.1 Å². The van der Waals surface area contributed by atoms with E-state index in [1.54, 1.807) is 12.5 Å². The van der Waals surface area contributed by atoms with Gasteiger partial charge in [0, 0.05) is 24.6 Å². The first-order valence-electron chi connectivity index (χ1n) is 4.98. The van der Waals surface area contributed by atoms with E-state index < -0.39 is 0 Å². The second kappa shape index (κ2) is 4.28. The summed E-state index contributed by atoms with van der Waals surface area (Å²) < 4.78 is 2.00. The Bertz CT molecular complexity index is 401. The van der Waals surface area contributed by atoms with Crippen molar-refractivity contribution in [3.05, 3.63) is 48.5 Å². The molecule has 1 aromatic carbocycles. The monoisotopic (exact) mass is 201 g/mol. The highest BCUT2D eigenvalue weighted by Crippen LogP contribution is 2.09. The fraction of sp³-hybridized carbons (Fsp3) is 0.250. The molecule has 0 radical (unpaired) electrons. The van der Waals surface area contributed by atoms with Gasteiger partial charge < -0.3 is 9.47 Å². The van der Waals surface area contributed by atoms with E-state index in [0.29, 0.717) is 0 Å². The van der Waals surface area contributed by atoms with Gasteiger partial charge in [0.15, 0.2) is 0 Å². The Kier molecular flexibility index (Phi) is 2.83. The van der Waals surface area contributed by atoms with Gasteiger partial charge >= 0.3 is 0 Å². The molecule has 0 fully saturated rings. The smallest absolute Gasteiger partial charge is 0.0991 e. The maximum atomic E-state index is 4.02. The number of aromatic nitrogens is 2. The summed E-state index contributed by atoms with van der Waals surface area (Å²) in [5.74, 6) is 0. The van der Waals surface area contributed by atoms with Crippen LogP contribution in [0.4, 0.5) is 0 Å². The minimum Gasteiger partial charge on any atom is -0.306 e. The Morgan fingerprint density at radius 3 is 2.47 bits per heavy atom. The lowest BCUT2D eigenvalue weighted by molar-refractivity contribution is 0.402. The lowest BCUT2D eigenvalue weighted by atomic mass is 10.2. The van der Waals surface area contributed by atoms with Crippen LogP contribution >= 0.6 is 0 Å². The van der Waals surface area contributed by atoms with Crippen molar-refractivity contribution in [2.75, 3.05) is 14.1 Å². The summed E-state index contributed by atoms with van der Waals surface area (Å²) in [6.07, 6.45) is 5.54. The number of benzene rings is 1. The van der Waals surface area contributed by atoms with Crippen LogP contribution in [0.2, 0.25) is 0 Å². The second-order valence-electron chi connectivity index (χ2n) is 3.87. The Labute approximate surface area is 90.0 Å². The lowest BCUT2D eigenvalue weighted by Crippen LogP contribution is -2.10. The van der Waals surface area contributed by atoms with Crippen LogP contribution in [0.15, 0.2) is 43.0 Å². The van der Waals surface area contributed by atoms with E-state index in [-0.39, 0.29) is 0 Å². The molecule has 0 bridgehead atoms. The molecule has 0 aliphatic heterocycles. The quantitative estimate of drug-likeness (QED) is 0.756. The lowest BCUT2D eigenvalue weighted by Gasteiger charge is -2.10. The molecular formula is C12H15N3. The zero-order valence-electron chi connectivity index (χ0n) is 9.09. The molecule has 1 heterocycles. The second-order valence-corrected chi connectivity index (χ2v) is 3.87. The summed E-state index contributed by atoms with van der Waals surface area (Å²) >= 11 is 0. The van der Waals surface area contributed by atoms with Gasteiger partial charge in [0.1, 0.15) is 0 Å². The largest absolute Gasteiger partial charge is 0.306 e. The third kappa shape index (κ3) is 2.44. The minimum absolute atomic E-state index is 0.976. The fourth-order valence-electron chi connectivity index (χ4n) is 1.55. The van der Waals surface area contributed by atoms with Crippen LogP contribution in [0.25, 0.3) is 5.69 Å². The summed E-state index contributed by atoms with van der Waals surface area (Å²) in [4.78, 5) is 6.18. The molecule has 0 aliphatic rings. The summed E-state index contributed by atoms with van der Waals surface area (Å²) in [7, 11) is 4.15. The maximum Gasteiger partial charge on any atom is 0.0991 e. The van der Waals surface area contributed by atoms with E-state index in [4.69, 9.17) is 0 Å². The van der Waals surface area contributed by atoms with Crippen molar-refractivity contribution >= 4 is 0 Å². The van der Waals surface area contributed by atoms with Crippen molar-refractivity contribution in [2.24, 2.45) is 0 Å². The molecule has 2 aromatic rings. The molecule has 0 saturated carbocycles. The number of rotatable bonds is 3. The van der Waals surface area contributed by atoms with Gasteiger partial charge in [0.05, 0.1) is 6.33 Å². The highest BCUT2D eigenvalue weighted by Gasteiger charge is 1.97. The first-order chi connectivity index (χ1) is 7.25. The number of nitrogens with zero attached hydrogens (tertiary/aromatic N) is 3. The number of hydrogen-bond donors (Lipinski definition) is 0. The van der Waals surface area contributed by atoms with Gasteiger partial charge in [-0.05, 0) is 31.8 Å². The topological polar surface area (TPSA) is 21.1 Å². The summed E-state index contributed by atoms with van der Waals surface area (Å²) in [6.45, 7) is 0.976. The van der Waals surface area contributed by atoms with Crippen molar-refractivity contribution in [3.8, 4) is 5.69 Å². The van der Waals surface area contributed by atoms with Crippen LogP contribution in [0.5, 0.6) is 0 Å². The van der Waals surface area contributed by atoms with E-state index in [2.05, 4.69) is 48.2 Å². The predicted octanol–water partition coefficient (Wildman–Crippen LogP) is 1.93. The van der Waals surface area contributed by atoms with Gasteiger partial charge in [-0.15, -0.1) is 0 Å². The van der Waals surface area contributed by atoms with Crippen molar-refractivity contribution in [1.29, 1.82) is 0 Å².